The number of fused-ring (bicyclic) bond motifs is 3. The van der Waals surface area contributed by atoms with Crippen LogP contribution in [0.15, 0.2) is 97.1 Å². The first-order valence-electron chi connectivity index (χ1n) is 10.1. The van der Waals surface area contributed by atoms with Crippen molar-refractivity contribution < 1.29 is 26.0 Å². The van der Waals surface area contributed by atoms with Gasteiger partial charge in [-0.15, -0.1) is 0 Å². The van der Waals surface area contributed by atoms with E-state index in [0.717, 1.165) is 23.1 Å². The van der Waals surface area contributed by atoms with E-state index in [-0.39, 0.29) is 27.0 Å². The SMILES string of the molecule is CCn1c2ccc([I+]c3ccccc3)cc2c2cc(C(=O)c3ccccc3)ccc21. The monoisotopic (exact) mass is 502 g/mol. The molecular weight excluding hydrogens is 481 g/mol. The largest absolute Gasteiger partial charge is 0.357 e. The molecule has 146 valence electrons. The van der Waals surface area contributed by atoms with Crippen LogP contribution in [0.3, 0.4) is 0 Å². The molecule has 2 nitrogen and oxygen atoms in total. The van der Waals surface area contributed by atoms with Crippen molar-refractivity contribution in [1.29, 1.82) is 0 Å². The Morgan fingerprint density at radius 1 is 0.700 bits per heavy atom. The molecule has 0 aliphatic heterocycles. The highest BCUT2D eigenvalue weighted by molar-refractivity contribution is 6.14. The molecule has 0 spiro atoms. The average molecular weight is 502 g/mol. The lowest BCUT2D eigenvalue weighted by atomic mass is 10.0. The number of halogens is 1. The van der Waals surface area contributed by atoms with Gasteiger partial charge in [-0.25, -0.2) is 0 Å². The summed E-state index contributed by atoms with van der Waals surface area (Å²) in [6, 6.07) is 33.2. The maximum Gasteiger partial charge on any atom is 0.357 e. The summed E-state index contributed by atoms with van der Waals surface area (Å²) in [5.41, 5.74) is 3.89. The van der Waals surface area contributed by atoms with Crippen molar-refractivity contribution in [3.05, 3.63) is 115 Å². The number of aryl methyl sites for hydroxylation is 1. The van der Waals surface area contributed by atoms with Crippen molar-refractivity contribution >= 4 is 27.6 Å². The average Bonchev–Trinajstić information content (AvgIpc) is 3.12. The summed E-state index contributed by atoms with van der Waals surface area (Å²) >= 11 is -0.232. The molecule has 5 rings (SSSR count). The number of aromatic nitrogens is 1. The zero-order valence-corrected chi connectivity index (χ0v) is 18.8. The van der Waals surface area contributed by atoms with E-state index in [1.807, 2.05) is 36.4 Å². The molecule has 30 heavy (non-hydrogen) atoms. The Labute approximate surface area is 186 Å². The fourth-order valence-corrected chi connectivity index (χ4v) is 6.30. The molecule has 0 amide bonds. The Bertz CT molecular complexity index is 1350. The van der Waals surface area contributed by atoms with Crippen LogP contribution in [-0.4, -0.2) is 10.4 Å². The minimum atomic E-state index is -0.232. The lowest BCUT2D eigenvalue weighted by Crippen LogP contribution is -3.61. The van der Waals surface area contributed by atoms with E-state index in [1.54, 1.807) is 0 Å². The second-order valence-corrected chi connectivity index (χ2v) is 10.3. The van der Waals surface area contributed by atoms with Crippen LogP contribution in [0.25, 0.3) is 21.8 Å². The van der Waals surface area contributed by atoms with Crippen LogP contribution in [0.4, 0.5) is 0 Å². The maximum absolute atomic E-state index is 13.0. The molecule has 0 aliphatic rings. The fraction of sp³-hybridized carbons (Fsp3) is 0.0741. The lowest BCUT2D eigenvalue weighted by Gasteiger charge is -2.04. The number of hydrogen-bond donors (Lipinski definition) is 0. The Balaban J connectivity index is 1.65. The molecule has 1 aromatic heterocycles. The second kappa shape index (κ2) is 8.07. The second-order valence-electron chi connectivity index (χ2n) is 7.22. The smallest absolute Gasteiger partial charge is 0.341 e. The molecule has 0 N–H and O–H groups in total. The third-order valence-corrected chi connectivity index (χ3v) is 8.03. The number of ketones is 1. The van der Waals surface area contributed by atoms with Gasteiger partial charge in [0.25, 0.3) is 0 Å². The van der Waals surface area contributed by atoms with E-state index in [1.165, 1.54) is 23.6 Å². The van der Waals surface area contributed by atoms with Crippen LogP contribution in [0, 0.1) is 7.14 Å². The van der Waals surface area contributed by atoms with Crippen LogP contribution in [0.5, 0.6) is 0 Å². The number of carbonyl (C=O) groups excluding carboxylic acids is 1. The summed E-state index contributed by atoms with van der Waals surface area (Å²) in [6.07, 6.45) is 0. The van der Waals surface area contributed by atoms with E-state index in [2.05, 4.69) is 72.2 Å². The summed E-state index contributed by atoms with van der Waals surface area (Å²) in [7, 11) is 0. The van der Waals surface area contributed by atoms with Crippen molar-refractivity contribution in [1.82, 2.24) is 4.57 Å². The Hall–Kier alpha value is -2.92. The van der Waals surface area contributed by atoms with E-state index in [9.17, 15) is 4.79 Å². The molecule has 4 aromatic carbocycles. The van der Waals surface area contributed by atoms with Gasteiger partial charge >= 0.3 is 21.2 Å². The minimum Gasteiger partial charge on any atom is -0.341 e. The lowest BCUT2D eigenvalue weighted by molar-refractivity contribution is -0.597. The molecule has 0 radical (unpaired) electrons. The summed E-state index contributed by atoms with van der Waals surface area (Å²) in [4.78, 5) is 13.0. The summed E-state index contributed by atoms with van der Waals surface area (Å²) in [5.74, 6) is 0.0720. The normalized spacial score (nSPS) is 11.2. The van der Waals surface area contributed by atoms with Crippen molar-refractivity contribution in [2.75, 3.05) is 0 Å². The number of rotatable bonds is 5. The Morgan fingerprint density at radius 2 is 1.33 bits per heavy atom. The van der Waals surface area contributed by atoms with Crippen LogP contribution in [-0.2, 0) is 6.54 Å². The molecule has 0 bridgehead atoms. The number of nitrogens with zero attached hydrogens (tertiary/aromatic N) is 1. The molecule has 3 heteroatoms. The highest BCUT2D eigenvalue weighted by Crippen LogP contribution is 2.30. The highest BCUT2D eigenvalue weighted by Gasteiger charge is 2.19. The molecule has 0 saturated carbocycles. The van der Waals surface area contributed by atoms with Crippen LogP contribution in [0.2, 0.25) is 0 Å². The van der Waals surface area contributed by atoms with Gasteiger partial charge in [0.05, 0.1) is 0 Å². The number of benzene rings is 4. The van der Waals surface area contributed by atoms with Gasteiger partial charge in [0.1, 0.15) is 0 Å². The molecule has 0 aliphatic carbocycles. The maximum atomic E-state index is 13.0. The Kier molecular flexibility index (Phi) is 5.13. The van der Waals surface area contributed by atoms with Gasteiger partial charge in [-0.1, -0.05) is 48.5 Å². The first-order valence-corrected chi connectivity index (χ1v) is 12.3. The van der Waals surface area contributed by atoms with Gasteiger partial charge in [0, 0.05) is 45.5 Å². The van der Waals surface area contributed by atoms with E-state index in [4.69, 9.17) is 0 Å². The van der Waals surface area contributed by atoms with Crippen molar-refractivity contribution in [2.45, 2.75) is 13.5 Å². The van der Waals surface area contributed by atoms with Crippen molar-refractivity contribution in [2.24, 2.45) is 0 Å². The number of hydrogen-bond acceptors (Lipinski definition) is 1. The van der Waals surface area contributed by atoms with E-state index >= 15 is 0 Å². The van der Waals surface area contributed by atoms with Crippen molar-refractivity contribution in [3.8, 4) is 0 Å². The molecule has 1 heterocycles. The van der Waals surface area contributed by atoms with Gasteiger partial charge in [-0.3, -0.25) is 4.79 Å². The predicted octanol–water partition coefficient (Wildman–Crippen LogP) is 3.17. The predicted molar refractivity (Wildman–Crippen MR) is 119 cm³/mol. The third-order valence-electron chi connectivity index (χ3n) is 5.39. The van der Waals surface area contributed by atoms with Gasteiger partial charge in [0.2, 0.25) is 0 Å². The van der Waals surface area contributed by atoms with Gasteiger partial charge in [-0.2, -0.15) is 0 Å². The molecule has 0 saturated heterocycles. The molecule has 0 atom stereocenters. The third kappa shape index (κ3) is 3.43. The summed E-state index contributed by atoms with van der Waals surface area (Å²) in [5, 5.41) is 2.40. The quantitative estimate of drug-likeness (QED) is 0.268. The standard InChI is InChI=1S/C27H21INO/c1-2-29-25-15-13-20(27(30)19-9-5-3-6-10-19)17-23(25)24-18-22(14-16-26(24)29)28-21-11-7-4-8-12-21/h3-18H,2H2,1H3/q+1. The minimum absolute atomic E-state index is 0.0720. The fourth-order valence-electron chi connectivity index (χ4n) is 3.98. The molecule has 0 fully saturated rings. The zero-order chi connectivity index (χ0) is 20.5. The molecule has 0 unspecified atom stereocenters. The van der Waals surface area contributed by atoms with E-state index < -0.39 is 0 Å². The van der Waals surface area contributed by atoms with Gasteiger partial charge in [0.15, 0.2) is 12.9 Å². The molecule has 5 aromatic rings. The first kappa shape index (κ1) is 19.1. The van der Waals surface area contributed by atoms with Crippen LogP contribution >= 0.6 is 0 Å². The highest BCUT2D eigenvalue weighted by atomic mass is 127. The number of carbonyl (C=O) groups is 1. The van der Waals surface area contributed by atoms with E-state index in [0.29, 0.717) is 0 Å². The molecular formula is C27H21INO+. The first-order chi connectivity index (χ1) is 14.7. The topological polar surface area (TPSA) is 22.0 Å². The summed E-state index contributed by atoms with van der Waals surface area (Å²) in [6.45, 7) is 3.08. The van der Waals surface area contributed by atoms with Gasteiger partial charge < -0.3 is 4.57 Å². The Morgan fingerprint density at radius 3 is 2.03 bits per heavy atom. The van der Waals surface area contributed by atoms with Crippen LogP contribution < -0.4 is 21.2 Å². The summed E-state index contributed by atoms with van der Waals surface area (Å²) < 4.78 is 5.14. The zero-order valence-electron chi connectivity index (χ0n) is 16.7. The van der Waals surface area contributed by atoms with Crippen LogP contribution in [0.1, 0.15) is 22.8 Å². The van der Waals surface area contributed by atoms with Gasteiger partial charge in [-0.05, 0) is 49.4 Å². The van der Waals surface area contributed by atoms with Crippen molar-refractivity contribution in [3.63, 3.8) is 0 Å².